The number of aliphatic hydroxyl groups excluding tert-OH is 4. The van der Waals surface area contributed by atoms with Gasteiger partial charge in [-0.3, -0.25) is 0 Å². The van der Waals surface area contributed by atoms with Crippen molar-refractivity contribution in [3.05, 3.63) is 89.8 Å². The number of benzene rings is 4. The second-order valence-electron chi connectivity index (χ2n) is 15.3. The molecular weight excluding hydrogens is 1060 g/mol. The molecular formula is C44H56B4Br2Cl2O16. The Kier molecular flexibility index (Phi) is 22.6. The molecule has 4 aliphatic heterocycles. The quantitative estimate of drug-likeness (QED) is 0.0747. The third-order valence-corrected chi connectivity index (χ3v) is 13.1. The molecule has 0 amide bonds. The van der Waals surface area contributed by atoms with Crippen molar-refractivity contribution in [2.75, 3.05) is 52.9 Å². The van der Waals surface area contributed by atoms with E-state index in [1.807, 2.05) is 39.8 Å². The van der Waals surface area contributed by atoms with Crippen molar-refractivity contribution in [1.29, 1.82) is 0 Å². The highest BCUT2D eigenvalue weighted by Crippen LogP contribution is 2.39. The molecule has 4 aliphatic rings. The van der Waals surface area contributed by atoms with Crippen LogP contribution in [0.5, 0.6) is 23.0 Å². The van der Waals surface area contributed by atoms with Crippen LogP contribution in [0.4, 0.5) is 0 Å². The Morgan fingerprint density at radius 1 is 0.426 bits per heavy atom. The third-order valence-electron chi connectivity index (χ3n) is 11.1. The second kappa shape index (κ2) is 27.3. The summed E-state index contributed by atoms with van der Waals surface area (Å²) >= 11 is 19.2. The van der Waals surface area contributed by atoms with Gasteiger partial charge in [-0.25, -0.2) is 0 Å². The maximum Gasteiger partial charge on any atom is 0.495 e. The fourth-order valence-corrected chi connectivity index (χ4v) is 9.96. The third kappa shape index (κ3) is 13.1. The zero-order valence-electron chi connectivity index (χ0n) is 38.1. The molecule has 0 saturated heterocycles. The lowest BCUT2D eigenvalue weighted by Gasteiger charge is -2.13. The van der Waals surface area contributed by atoms with E-state index in [1.165, 1.54) is 0 Å². The Morgan fingerprint density at radius 2 is 0.662 bits per heavy atom. The Labute approximate surface area is 424 Å². The molecule has 368 valence electrons. The highest BCUT2D eigenvalue weighted by Gasteiger charge is 2.42. The molecule has 4 aromatic carbocycles. The Balaban J connectivity index is 0.000000169. The molecule has 0 aliphatic carbocycles. The Morgan fingerprint density at radius 3 is 0.912 bits per heavy atom. The molecule has 4 aromatic rings. The van der Waals surface area contributed by atoms with Crippen LogP contribution in [0.3, 0.4) is 0 Å². The lowest BCUT2D eigenvalue weighted by atomic mass is 9.78. The minimum absolute atomic E-state index is 0.0566. The van der Waals surface area contributed by atoms with Crippen molar-refractivity contribution in [2.24, 2.45) is 0 Å². The van der Waals surface area contributed by atoms with Gasteiger partial charge in [0.25, 0.3) is 0 Å². The first kappa shape index (κ1) is 56.3. The Hall–Kier alpha value is -2.60. The summed E-state index contributed by atoms with van der Waals surface area (Å²) in [5.74, 6) is 2.17. The van der Waals surface area contributed by atoms with Gasteiger partial charge < -0.3 is 78.1 Å². The van der Waals surface area contributed by atoms with Gasteiger partial charge in [0, 0.05) is 52.0 Å². The minimum Gasteiger partial charge on any atom is -0.492 e. The van der Waals surface area contributed by atoms with E-state index in [1.54, 1.807) is 36.4 Å². The van der Waals surface area contributed by atoms with Crippen LogP contribution >= 0.6 is 55.1 Å². The molecule has 16 nitrogen and oxygen atoms in total. The summed E-state index contributed by atoms with van der Waals surface area (Å²) in [7, 11) is -3.94. The number of fused-ring (bicyclic) bond motifs is 4. The van der Waals surface area contributed by atoms with Crippen molar-refractivity contribution < 1.29 is 78.1 Å². The molecule has 8 N–H and O–H groups in total. The number of halogens is 4. The van der Waals surface area contributed by atoms with E-state index < -0.39 is 28.5 Å². The van der Waals surface area contributed by atoms with Crippen LogP contribution in [0.15, 0.2) is 57.5 Å². The zero-order valence-corrected chi connectivity index (χ0v) is 42.8. The van der Waals surface area contributed by atoms with Gasteiger partial charge in [-0.15, -0.1) is 0 Å². The summed E-state index contributed by atoms with van der Waals surface area (Å²) < 4.78 is 45.1. The average molecular weight is 1110 g/mol. The molecule has 8 rings (SSSR count). The number of hydrogen-bond donors (Lipinski definition) is 8. The molecule has 24 heteroatoms. The van der Waals surface area contributed by atoms with Crippen molar-refractivity contribution in [2.45, 2.75) is 77.8 Å². The predicted molar refractivity (Wildman–Crippen MR) is 268 cm³/mol. The van der Waals surface area contributed by atoms with Crippen LogP contribution in [0, 0.1) is 0 Å². The molecule has 0 radical (unpaired) electrons. The lowest BCUT2D eigenvalue weighted by molar-refractivity contribution is 0.185. The van der Waals surface area contributed by atoms with Crippen LogP contribution in [-0.2, 0) is 18.6 Å². The fraction of sp³-hybridized carbons (Fsp3) is 0.455. The first-order valence-electron chi connectivity index (χ1n) is 22.3. The summed E-state index contributed by atoms with van der Waals surface area (Å²) in [4.78, 5) is 0. The molecule has 0 spiro atoms. The molecule has 0 saturated carbocycles. The van der Waals surface area contributed by atoms with Gasteiger partial charge in [-0.05, 0) is 85.3 Å². The van der Waals surface area contributed by atoms with Crippen LogP contribution in [0.1, 0.15) is 100 Å². The SMILES string of the molecule is CCC1OB(O)c2c(OCCO)ccc(Br)c21.CCC1OB(O)c2c(OCCO)ccc(Cl)c21.CC[C@H]1OB(O)c2c(OCCO)ccc(Br)c21.CC[C@H]1OB(O)c2c(OCCO)ccc(Cl)c21. The Bertz CT molecular complexity index is 1960. The average Bonchev–Trinajstić information content (AvgIpc) is 4.09. The summed E-state index contributed by atoms with van der Waals surface area (Å²) in [5, 5.41) is 75.7. The second-order valence-corrected chi connectivity index (χ2v) is 17.8. The van der Waals surface area contributed by atoms with E-state index in [4.69, 9.17) is 81.2 Å². The van der Waals surface area contributed by atoms with E-state index >= 15 is 0 Å². The van der Waals surface area contributed by atoms with Crippen molar-refractivity contribution in [1.82, 2.24) is 0 Å². The van der Waals surface area contributed by atoms with E-state index in [0.717, 1.165) is 56.9 Å². The predicted octanol–water partition coefficient (Wildman–Crippen LogP) is 3.74. The monoisotopic (exact) mass is 1110 g/mol. The summed E-state index contributed by atoms with van der Waals surface area (Å²) in [6.45, 7) is 8.42. The molecule has 4 heterocycles. The van der Waals surface area contributed by atoms with E-state index in [-0.39, 0.29) is 77.3 Å². The molecule has 2 unspecified atom stereocenters. The van der Waals surface area contributed by atoms with Crippen molar-refractivity contribution >= 4 is 105 Å². The normalized spacial score (nSPS) is 18.4. The van der Waals surface area contributed by atoms with Gasteiger partial charge >= 0.3 is 28.5 Å². The van der Waals surface area contributed by atoms with Crippen LogP contribution in [0.25, 0.3) is 0 Å². The topological polar surface area (TPSA) is 236 Å². The molecule has 0 fully saturated rings. The lowest BCUT2D eigenvalue weighted by Crippen LogP contribution is -2.30. The summed E-state index contributed by atoms with van der Waals surface area (Å²) in [5.41, 5.74) is 5.95. The summed E-state index contributed by atoms with van der Waals surface area (Å²) in [6.07, 6.45) is 2.38. The number of hydrogen-bond acceptors (Lipinski definition) is 16. The number of rotatable bonds is 16. The van der Waals surface area contributed by atoms with Crippen LogP contribution < -0.4 is 40.8 Å². The van der Waals surface area contributed by atoms with Gasteiger partial charge in [0.05, 0.1) is 50.8 Å². The number of ether oxygens (including phenoxy) is 4. The molecule has 4 atom stereocenters. The van der Waals surface area contributed by atoms with E-state index in [2.05, 4.69) is 31.9 Å². The van der Waals surface area contributed by atoms with Gasteiger partial charge in [0.2, 0.25) is 0 Å². The molecule has 0 aromatic heterocycles. The van der Waals surface area contributed by atoms with E-state index in [9.17, 15) is 20.1 Å². The maximum absolute atomic E-state index is 9.90. The van der Waals surface area contributed by atoms with Crippen LogP contribution in [0.2, 0.25) is 10.0 Å². The first-order valence-corrected chi connectivity index (χ1v) is 24.7. The van der Waals surface area contributed by atoms with Gasteiger partial charge in [-0.2, -0.15) is 0 Å². The first-order chi connectivity index (χ1) is 32.7. The van der Waals surface area contributed by atoms with Crippen molar-refractivity contribution in [3.8, 4) is 23.0 Å². The molecule has 68 heavy (non-hydrogen) atoms. The van der Waals surface area contributed by atoms with Gasteiger partial charge in [-0.1, -0.05) is 82.8 Å². The fourth-order valence-electron chi connectivity index (χ4n) is 8.18. The minimum atomic E-state index is -1.01. The van der Waals surface area contributed by atoms with Crippen LogP contribution in [-0.4, -0.2) is 122 Å². The maximum atomic E-state index is 9.90. The highest BCUT2D eigenvalue weighted by molar-refractivity contribution is 9.10. The largest absolute Gasteiger partial charge is 0.495 e. The standard InChI is InChI=1S/2C11H14BBrO4.2C11H14BClO4/c4*1-2-8-10-7(13)3-4-9(16-6-5-14)11(10)12(15)17-8/h4*3-4,8,14-15H,2,5-6H2,1H3/t8-;;8-;/m1.1./s1. The van der Waals surface area contributed by atoms with Crippen molar-refractivity contribution in [3.63, 3.8) is 0 Å². The summed E-state index contributed by atoms with van der Waals surface area (Å²) in [6, 6.07) is 14.1. The zero-order chi connectivity index (χ0) is 49.7. The van der Waals surface area contributed by atoms with Gasteiger partial charge in [0.15, 0.2) is 0 Å². The van der Waals surface area contributed by atoms with E-state index in [0.29, 0.717) is 54.9 Å². The van der Waals surface area contributed by atoms with Gasteiger partial charge in [0.1, 0.15) is 49.4 Å². The number of aliphatic hydroxyl groups is 4. The smallest absolute Gasteiger partial charge is 0.492 e. The molecule has 0 bridgehead atoms. The highest BCUT2D eigenvalue weighted by atomic mass is 79.9.